The molecular formula is C16H20N6O. The van der Waals surface area contributed by atoms with Gasteiger partial charge in [-0.3, -0.25) is 4.79 Å². The number of carbonyl (C=O) groups is 1. The maximum atomic E-state index is 11.6. The highest BCUT2D eigenvalue weighted by Crippen LogP contribution is 2.26. The Hall–Kier alpha value is -2.57. The second-order valence-corrected chi connectivity index (χ2v) is 5.75. The van der Waals surface area contributed by atoms with Gasteiger partial charge in [0.25, 0.3) is 0 Å². The van der Waals surface area contributed by atoms with Crippen LogP contribution >= 0.6 is 0 Å². The van der Waals surface area contributed by atoms with Crippen LogP contribution in [0, 0.1) is 6.92 Å². The summed E-state index contributed by atoms with van der Waals surface area (Å²) in [6, 6.07) is 3.63. The van der Waals surface area contributed by atoms with Crippen molar-refractivity contribution in [3.05, 3.63) is 36.0 Å². The van der Waals surface area contributed by atoms with E-state index in [1.54, 1.807) is 25.4 Å². The number of hydrogen-bond donors (Lipinski definition) is 1. The zero-order valence-electron chi connectivity index (χ0n) is 13.4. The molecule has 0 spiro atoms. The molecule has 23 heavy (non-hydrogen) atoms. The van der Waals surface area contributed by atoms with Gasteiger partial charge in [-0.25, -0.2) is 19.9 Å². The van der Waals surface area contributed by atoms with E-state index in [1.165, 1.54) is 0 Å². The van der Waals surface area contributed by atoms with E-state index in [0.717, 1.165) is 30.9 Å². The fourth-order valence-corrected chi connectivity index (χ4v) is 2.79. The third-order valence-corrected chi connectivity index (χ3v) is 3.91. The zero-order valence-corrected chi connectivity index (χ0v) is 13.4. The lowest BCUT2D eigenvalue weighted by Crippen LogP contribution is -2.38. The first-order valence-corrected chi connectivity index (χ1v) is 7.77. The van der Waals surface area contributed by atoms with E-state index in [2.05, 4.69) is 25.3 Å². The second-order valence-electron chi connectivity index (χ2n) is 5.75. The number of anilines is 2. The zero-order chi connectivity index (χ0) is 16.2. The van der Waals surface area contributed by atoms with E-state index in [1.807, 2.05) is 17.9 Å². The van der Waals surface area contributed by atoms with Gasteiger partial charge in [-0.05, 0) is 25.8 Å². The summed E-state index contributed by atoms with van der Waals surface area (Å²) in [6.07, 6.45) is 5.33. The molecule has 3 heterocycles. The third-order valence-electron chi connectivity index (χ3n) is 3.91. The summed E-state index contributed by atoms with van der Waals surface area (Å²) >= 11 is 0. The van der Waals surface area contributed by atoms with Crippen molar-refractivity contribution < 1.29 is 4.79 Å². The van der Waals surface area contributed by atoms with Gasteiger partial charge < -0.3 is 10.2 Å². The molecule has 1 aliphatic heterocycles. The molecule has 0 bridgehead atoms. The largest absolute Gasteiger partial charge is 0.342 e. The molecule has 0 aromatic carbocycles. The molecule has 1 N–H and O–H groups in total. The molecule has 7 nitrogen and oxygen atoms in total. The first kappa shape index (κ1) is 15.3. The van der Waals surface area contributed by atoms with Crippen molar-refractivity contribution in [1.82, 2.24) is 24.8 Å². The van der Waals surface area contributed by atoms with Gasteiger partial charge in [-0.15, -0.1) is 0 Å². The van der Waals surface area contributed by atoms with Gasteiger partial charge in [0.1, 0.15) is 11.6 Å². The van der Waals surface area contributed by atoms with Gasteiger partial charge >= 0.3 is 0 Å². The smallest absolute Gasteiger partial charge is 0.228 e. The number of amides is 1. The molecular weight excluding hydrogens is 292 g/mol. The second kappa shape index (κ2) is 6.68. The van der Waals surface area contributed by atoms with Crippen molar-refractivity contribution in [2.24, 2.45) is 0 Å². The minimum Gasteiger partial charge on any atom is -0.342 e. The molecule has 1 atom stereocenters. The predicted molar refractivity (Wildman–Crippen MR) is 86.3 cm³/mol. The summed E-state index contributed by atoms with van der Waals surface area (Å²) in [5.41, 5.74) is 0.883. The van der Waals surface area contributed by atoms with Crippen LogP contribution in [0.25, 0.3) is 0 Å². The minimum absolute atomic E-state index is 0.110. The highest BCUT2D eigenvalue weighted by molar-refractivity contribution is 5.73. The summed E-state index contributed by atoms with van der Waals surface area (Å²) in [7, 11) is 0. The fourth-order valence-electron chi connectivity index (χ4n) is 2.79. The first-order valence-electron chi connectivity index (χ1n) is 7.77. The molecule has 2 aromatic rings. The van der Waals surface area contributed by atoms with E-state index in [0.29, 0.717) is 18.3 Å². The maximum absolute atomic E-state index is 11.6. The number of nitrogens with zero attached hydrogens (tertiary/aromatic N) is 5. The van der Waals surface area contributed by atoms with Gasteiger partial charge in [-0.2, -0.15) is 0 Å². The molecule has 1 aliphatic rings. The average molecular weight is 312 g/mol. The minimum atomic E-state index is 0.110. The summed E-state index contributed by atoms with van der Waals surface area (Å²) in [4.78, 5) is 30.9. The quantitative estimate of drug-likeness (QED) is 0.933. The van der Waals surface area contributed by atoms with E-state index in [-0.39, 0.29) is 11.8 Å². The molecule has 3 rings (SSSR count). The van der Waals surface area contributed by atoms with Crippen LogP contribution in [-0.4, -0.2) is 43.8 Å². The number of likely N-dealkylation sites (tertiary alicyclic amines) is 1. The lowest BCUT2D eigenvalue weighted by atomic mass is 9.97. The maximum Gasteiger partial charge on any atom is 0.228 e. The molecule has 7 heteroatoms. The Kier molecular flexibility index (Phi) is 4.45. The Morgan fingerprint density at radius 2 is 2.09 bits per heavy atom. The molecule has 0 unspecified atom stereocenters. The lowest BCUT2D eigenvalue weighted by molar-refractivity contribution is -0.130. The Morgan fingerprint density at radius 1 is 1.30 bits per heavy atom. The normalized spacial score (nSPS) is 17.8. The van der Waals surface area contributed by atoms with E-state index in [9.17, 15) is 4.79 Å². The highest BCUT2D eigenvalue weighted by Gasteiger charge is 2.25. The van der Waals surface area contributed by atoms with Crippen LogP contribution in [0.3, 0.4) is 0 Å². The van der Waals surface area contributed by atoms with Crippen molar-refractivity contribution in [2.75, 3.05) is 18.4 Å². The molecule has 120 valence electrons. The predicted octanol–water partition coefficient (Wildman–Crippen LogP) is 2.04. The Bertz CT molecular complexity index is 690. The van der Waals surface area contributed by atoms with Gasteiger partial charge in [0.15, 0.2) is 0 Å². The molecule has 1 fully saturated rings. The van der Waals surface area contributed by atoms with Crippen LogP contribution in [0.2, 0.25) is 0 Å². The van der Waals surface area contributed by atoms with Crippen LogP contribution < -0.4 is 5.32 Å². The van der Waals surface area contributed by atoms with Crippen molar-refractivity contribution in [3.63, 3.8) is 0 Å². The number of nitrogens with one attached hydrogen (secondary N) is 1. The molecule has 1 saturated heterocycles. The van der Waals surface area contributed by atoms with Crippen molar-refractivity contribution in [1.29, 1.82) is 0 Å². The summed E-state index contributed by atoms with van der Waals surface area (Å²) < 4.78 is 0. The molecule has 2 aromatic heterocycles. The van der Waals surface area contributed by atoms with Crippen LogP contribution in [-0.2, 0) is 4.79 Å². The summed E-state index contributed by atoms with van der Waals surface area (Å²) in [5.74, 6) is 2.24. The number of hydrogen-bond acceptors (Lipinski definition) is 6. The fraction of sp³-hybridized carbons (Fsp3) is 0.438. The number of rotatable bonds is 3. The van der Waals surface area contributed by atoms with E-state index < -0.39 is 0 Å². The van der Waals surface area contributed by atoms with Crippen LogP contribution in [0.5, 0.6) is 0 Å². The number of aromatic nitrogens is 4. The Labute approximate surface area is 135 Å². The lowest BCUT2D eigenvalue weighted by Gasteiger charge is -2.31. The standard InChI is InChI=1S/C16H20N6O/c1-11-9-14(21-16-17-6-4-7-18-16)20-15(19-11)13-5-3-8-22(10-13)12(2)23/h4,6-7,9,13H,3,5,8,10H2,1-2H3,(H,17,18,19,20,21)/t13-/m0/s1. The third kappa shape index (κ3) is 3.80. The van der Waals surface area contributed by atoms with Gasteiger partial charge in [0, 0.05) is 50.1 Å². The molecule has 0 radical (unpaired) electrons. The van der Waals surface area contributed by atoms with Gasteiger partial charge in [-0.1, -0.05) is 0 Å². The number of aryl methyl sites for hydroxylation is 1. The number of piperidine rings is 1. The van der Waals surface area contributed by atoms with Gasteiger partial charge in [0.05, 0.1) is 0 Å². The van der Waals surface area contributed by atoms with Gasteiger partial charge in [0.2, 0.25) is 11.9 Å². The highest BCUT2D eigenvalue weighted by atomic mass is 16.2. The van der Waals surface area contributed by atoms with Crippen molar-refractivity contribution in [3.8, 4) is 0 Å². The molecule has 0 aliphatic carbocycles. The van der Waals surface area contributed by atoms with Crippen LogP contribution in [0.15, 0.2) is 24.5 Å². The first-order chi connectivity index (χ1) is 11.1. The summed E-state index contributed by atoms with van der Waals surface area (Å²) in [5, 5.41) is 3.10. The van der Waals surface area contributed by atoms with Crippen LogP contribution in [0.1, 0.15) is 37.2 Å². The SMILES string of the molecule is CC(=O)N1CCC[C@H](c2nc(C)cc(Nc3ncccn3)n2)C1. The van der Waals surface area contributed by atoms with Crippen molar-refractivity contribution >= 4 is 17.7 Å². The van der Waals surface area contributed by atoms with E-state index >= 15 is 0 Å². The topological polar surface area (TPSA) is 83.9 Å². The molecule has 1 amide bonds. The number of carbonyl (C=O) groups excluding carboxylic acids is 1. The monoisotopic (exact) mass is 312 g/mol. The molecule has 0 saturated carbocycles. The average Bonchev–Trinajstić information content (AvgIpc) is 2.55. The van der Waals surface area contributed by atoms with E-state index in [4.69, 9.17) is 0 Å². The summed E-state index contributed by atoms with van der Waals surface area (Å²) in [6.45, 7) is 5.05. The van der Waals surface area contributed by atoms with Crippen LogP contribution in [0.4, 0.5) is 11.8 Å². The Balaban J connectivity index is 1.81. The Morgan fingerprint density at radius 3 is 2.83 bits per heavy atom. The van der Waals surface area contributed by atoms with Crippen molar-refractivity contribution in [2.45, 2.75) is 32.6 Å².